The molecule has 0 saturated heterocycles. The molecule has 1 aromatic rings. The Bertz CT molecular complexity index is 413. The lowest BCUT2D eigenvalue weighted by molar-refractivity contribution is 0.354. The van der Waals surface area contributed by atoms with Crippen molar-refractivity contribution in [1.82, 2.24) is 5.32 Å². The molecule has 1 aliphatic carbocycles. The third-order valence-corrected chi connectivity index (χ3v) is 4.68. The normalized spacial score (nSPS) is 18.7. The minimum absolute atomic E-state index is 0.473. The number of halogens is 2. The average Bonchev–Trinajstić information content (AvgIpc) is 3.08. The van der Waals surface area contributed by atoms with E-state index in [2.05, 4.69) is 25.2 Å². The van der Waals surface area contributed by atoms with E-state index in [1.807, 2.05) is 12.1 Å². The Morgan fingerprint density at radius 1 is 1.28 bits per heavy atom. The van der Waals surface area contributed by atoms with Crippen LogP contribution in [0.4, 0.5) is 0 Å². The lowest BCUT2D eigenvalue weighted by atomic mass is 9.92. The van der Waals surface area contributed by atoms with Crippen LogP contribution >= 0.6 is 23.2 Å². The van der Waals surface area contributed by atoms with Gasteiger partial charge in [0.2, 0.25) is 0 Å². The minimum Gasteiger partial charge on any atom is -0.313 e. The van der Waals surface area contributed by atoms with Crippen LogP contribution in [0.25, 0.3) is 0 Å². The number of nitrogens with one attached hydrogen (secondary N) is 1. The molecule has 0 aromatic heterocycles. The maximum Gasteiger partial charge on any atom is 0.0595 e. The number of hydrogen-bond acceptors (Lipinski definition) is 1. The van der Waals surface area contributed by atoms with E-state index in [1.165, 1.54) is 24.8 Å². The quantitative estimate of drug-likeness (QED) is 0.799. The molecule has 2 rings (SSSR count). The Labute approximate surface area is 120 Å². The molecule has 0 spiro atoms. The van der Waals surface area contributed by atoms with Gasteiger partial charge < -0.3 is 5.32 Å². The molecular formula is C15H21Cl2N. The van der Waals surface area contributed by atoms with Crippen LogP contribution in [0.15, 0.2) is 18.2 Å². The van der Waals surface area contributed by atoms with Gasteiger partial charge in [0, 0.05) is 6.04 Å². The van der Waals surface area contributed by atoms with Gasteiger partial charge in [0.15, 0.2) is 0 Å². The fraction of sp³-hybridized carbons (Fsp3) is 0.600. The first-order valence-electron chi connectivity index (χ1n) is 6.72. The van der Waals surface area contributed by atoms with Gasteiger partial charge in [-0.2, -0.15) is 0 Å². The largest absolute Gasteiger partial charge is 0.313 e. The van der Waals surface area contributed by atoms with Gasteiger partial charge in [0.05, 0.1) is 10.0 Å². The van der Waals surface area contributed by atoms with Gasteiger partial charge in [0.1, 0.15) is 0 Å². The molecule has 0 heterocycles. The van der Waals surface area contributed by atoms with Crippen LogP contribution in [0.5, 0.6) is 0 Å². The van der Waals surface area contributed by atoms with Crippen LogP contribution in [0, 0.1) is 5.41 Å². The van der Waals surface area contributed by atoms with Crippen LogP contribution in [0.3, 0.4) is 0 Å². The third kappa shape index (κ3) is 3.40. The van der Waals surface area contributed by atoms with E-state index < -0.39 is 0 Å². The summed E-state index contributed by atoms with van der Waals surface area (Å²) in [7, 11) is 0. The standard InChI is InChI=1S/C15H21Cl2N/c1-3-8-18-14(15(2)6-7-15)10-11-4-5-12(16)13(17)9-11/h4-5,9,14,18H,3,6-8,10H2,1-2H3. The summed E-state index contributed by atoms with van der Waals surface area (Å²) in [6, 6.07) is 6.53. The van der Waals surface area contributed by atoms with E-state index in [9.17, 15) is 0 Å². The summed E-state index contributed by atoms with van der Waals surface area (Å²) in [5.41, 5.74) is 1.74. The predicted octanol–water partition coefficient (Wildman–Crippen LogP) is 4.70. The zero-order valence-electron chi connectivity index (χ0n) is 11.1. The summed E-state index contributed by atoms with van der Waals surface area (Å²) in [6.45, 7) is 5.66. The summed E-state index contributed by atoms with van der Waals surface area (Å²) in [5.74, 6) is 0. The Morgan fingerprint density at radius 2 is 2.00 bits per heavy atom. The minimum atomic E-state index is 0.473. The van der Waals surface area contributed by atoms with Crippen LogP contribution in [0.2, 0.25) is 10.0 Å². The molecule has 1 N–H and O–H groups in total. The summed E-state index contributed by atoms with van der Waals surface area (Å²) in [4.78, 5) is 0. The Balaban J connectivity index is 2.05. The van der Waals surface area contributed by atoms with E-state index in [-0.39, 0.29) is 0 Å². The maximum atomic E-state index is 6.08. The molecule has 1 aliphatic rings. The lowest BCUT2D eigenvalue weighted by Crippen LogP contribution is -2.38. The number of benzene rings is 1. The van der Waals surface area contributed by atoms with Gasteiger partial charge in [-0.1, -0.05) is 43.1 Å². The summed E-state index contributed by atoms with van der Waals surface area (Å²) in [5, 5.41) is 4.97. The van der Waals surface area contributed by atoms with Crippen LogP contribution in [0.1, 0.15) is 38.7 Å². The molecule has 0 bridgehead atoms. The second kappa shape index (κ2) is 5.81. The third-order valence-electron chi connectivity index (χ3n) is 3.94. The highest BCUT2D eigenvalue weighted by Crippen LogP contribution is 2.49. The van der Waals surface area contributed by atoms with E-state index in [0.29, 0.717) is 21.5 Å². The van der Waals surface area contributed by atoms with Crippen molar-refractivity contribution in [1.29, 1.82) is 0 Å². The topological polar surface area (TPSA) is 12.0 Å². The highest BCUT2D eigenvalue weighted by molar-refractivity contribution is 6.42. The van der Waals surface area contributed by atoms with Gasteiger partial charge >= 0.3 is 0 Å². The first-order chi connectivity index (χ1) is 8.55. The molecule has 0 aliphatic heterocycles. The fourth-order valence-electron chi connectivity index (χ4n) is 2.33. The molecule has 1 nitrogen and oxygen atoms in total. The van der Waals surface area contributed by atoms with Gasteiger partial charge in [0.25, 0.3) is 0 Å². The Kier molecular flexibility index (Phi) is 4.58. The summed E-state index contributed by atoms with van der Waals surface area (Å²) >= 11 is 12.0. The van der Waals surface area contributed by atoms with Crippen molar-refractivity contribution in [3.63, 3.8) is 0 Å². The molecule has 1 unspecified atom stereocenters. The highest BCUT2D eigenvalue weighted by Gasteiger charge is 2.44. The van der Waals surface area contributed by atoms with Crippen LogP contribution in [-0.2, 0) is 6.42 Å². The predicted molar refractivity (Wildman–Crippen MR) is 79.6 cm³/mol. The SMILES string of the molecule is CCCNC(Cc1ccc(Cl)c(Cl)c1)C1(C)CC1. The average molecular weight is 286 g/mol. The molecule has 1 aromatic carbocycles. The van der Waals surface area contributed by atoms with E-state index in [0.717, 1.165) is 13.0 Å². The van der Waals surface area contributed by atoms with Gasteiger partial charge in [-0.15, -0.1) is 0 Å². The molecule has 1 fully saturated rings. The second-order valence-electron chi connectivity index (χ2n) is 5.61. The van der Waals surface area contributed by atoms with Crippen molar-refractivity contribution in [3.05, 3.63) is 33.8 Å². The summed E-state index contributed by atoms with van der Waals surface area (Å²) in [6.07, 6.45) is 4.87. The highest BCUT2D eigenvalue weighted by atomic mass is 35.5. The molecule has 100 valence electrons. The monoisotopic (exact) mass is 285 g/mol. The van der Waals surface area contributed by atoms with Gasteiger partial charge in [-0.05, 0) is 55.3 Å². The zero-order chi connectivity index (χ0) is 13.2. The first-order valence-corrected chi connectivity index (χ1v) is 7.48. The molecule has 3 heteroatoms. The van der Waals surface area contributed by atoms with E-state index >= 15 is 0 Å². The lowest BCUT2D eigenvalue weighted by Gasteiger charge is -2.25. The van der Waals surface area contributed by atoms with Gasteiger partial charge in [-0.25, -0.2) is 0 Å². The number of rotatable bonds is 6. The first kappa shape index (κ1) is 14.2. The maximum absolute atomic E-state index is 6.08. The van der Waals surface area contributed by atoms with Crippen LogP contribution in [-0.4, -0.2) is 12.6 Å². The Morgan fingerprint density at radius 3 is 2.56 bits per heavy atom. The smallest absolute Gasteiger partial charge is 0.0595 e. The van der Waals surface area contributed by atoms with Gasteiger partial charge in [-0.3, -0.25) is 0 Å². The molecule has 18 heavy (non-hydrogen) atoms. The fourth-order valence-corrected chi connectivity index (χ4v) is 2.65. The number of hydrogen-bond donors (Lipinski definition) is 1. The molecule has 0 amide bonds. The van der Waals surface area contributed by atoms with Crippen molar-refractivity contribution >= 4 is 23.2 Å². The molecule has 0 radical (unpaired) electrons. The summed E-state index contributed by atoms with van der Waals surface area (Å²) < 4.78 is 0. The van der Waals surface area contributed by atoms with Crippen molar-refractivity contribution in [3.8, 4) is 0 Å². The molecule has 1 saturated carbocycles. The van der Waals surface area contributed by atoms with Crippen molar-refractivity contribution in [2.75, 3.05) is 6.54 Å². The van der Waals surface area contributed by atoms with Crippen molar-refractivity contribution < 1.29 is 0 Å². The van der Waals surface area contributed by atoms with E-state index in [1.54, 1.807) is 0 Å². The zero-order valence-corrected chi connectivity index (χ0v) is 12.6. The Hall–Kier alpha value is -0.240. The molecule has 1 atom stereocenters. The van der Waals surface area contributed by atoms with Crippen LogP contribution < -0.4 is 5.32 Å². The van der Waals surface area contributed by atoms with Crippen molar-refractivity contribution in [2.45, 2.75) is 45.6 Å². The van der Waals surface area contributed by atoms with Crippen molar-refractivity contribution in [2.24, 2.45) is 5.41 Å². The molecular weight excluding hydrogens is 265 g/mol. The van der Waals surface area contributed by atoms with E-state index in [4.69, 9.17) is 23.2 Å². The second-order valence-corrected chi connectivity index (χ2v) is 6.43.